The van der Waals surface area contributed by atoms with E-state index in [2.05, 4.69) is 15.0 Å². The number of para-hydroxylation sites is 1. The van der Waals surface area contributed by atoms with E-state index in [1.807, 2.05) is 25.1 Å². The Balaban J connectivity index is 1.86. The molecular formula is C21H19N3O4. The van der Waals surface area contributed by atoms with E-state index >= 15 is 0 Å². The zero-order valence-corrected chi connectivity index (χ0v) is 15.7. The third kappa shape index (κ3) is 4.50. The highest BCUT2D eigenvalue weighted by Crippen LogP contribution is 2.31. The first kappa shape index (κ1) is 19.0. The molecule has 7 nitrogen and oxygen atoms in total. The molecule has 2 heterocycles. The summed E-state index contributed by atoms with van der Waals surface area (Å²) in [7, 11) is 1.34. The highest BCUT2D eigenvalue weighted by atomic mass is 16.5. The number of allylic oxidation sites excluding steroid dienone is 1. The molecule has 0 saturated carbocycles. The van der Waals surface area contributed by atoms with Gasteiger partial charge in [-0.25, -0.2) is 19.7 Å². The Morgan fingerprint density at radius 2 is 1.71 bits per heavy atom. The van der Waals surface area contributed by atoms with Crippen LogP contribution >= 0.6 is 0 Å². The summed E-state index contributed by atoms with van der Waals surface area (Å²) in [5.74, 6) is 0.993. The Morgan fingerprint density at radius 1 is 0.964 bits per heavy atom. The molecule has 142 valence electrons. The number of ether oxygens (including phenoxy) is 3. The summed E-state index contributed by atoms with van der Waals surface area (Å²) >= 11 is 0. The van der Waals surface area contributed by atoms with Crippen molar-refractivity contribution in [2.24, 2.45) is 0 Å². The summed E-state index contributed by atoms with van der Waals surface area (Å²) in [5.41, 5.74) is 1.82. The lowest BCUT2D eigenvalue weighted by Crippen LogP contribution is -2.05. The molecule has 0 N–H and O–H groups in total. The maximum Gasteiger partial charge on any atom is 0.338 e. The van der Waals surface area contributed by atoms with E-state index in [9.17, 15) is 4.79 Å². The van der Waals surface area contributed by atoms with Gasteiger partial charge in [0.1, 0.15) is 12.1 Å². The van der Waals surface area contributed by atoms with Gasteiger partial charge in [-0.3, -0.25) is 0 Å². The molecule has 0 bridgehead atoms. The first-order chi connectivity index (χ1) is 13.6. The number of aryl methyl sites for hydroxylation is 1. The second-order valence-corrected chi connectivity index (χ2v) is 5.71. The zero-order chi connectivity index (χ0) is 19.9. The van der Waals surface area contributed by atoms with E-state index in [0.717, 1.165) is 5.69 Å². The van der Waals surface area contributed by atoms with Gasteiger partial charge in [-0.15, -0.1) is 0 Å². The SMILES string of the molecule is C/C=C(/C(=O)OC)c1ccccc1Oc1cc(Oc2cccc(C)n2)ncn1. The van der Waals surface area contributed by atoms with E-state index in [1.54, 1.807) is 43.3 Å². The summed E-state index contributed by atoms with van der Waals surface area (Å²) in [5, 5.41) is 0. The van der Waals surface area contributed by atoms with Gasteiger partial charge in [-0.05, 0) is 26.0 Å². The lowest BCUT2D eigenvalue weighted by atomic mass is 10.0. The predicted molar refractivity (Wildman–Crippen MR) is 103 cm³/mol. The Hall–Kier alpha value is -3.74. The third-order valence-electron chi connectivity index (χ3n) is 3.77. The molecule has 0 radical (unpaired) electrons. The molecule has 0 fully saturated rings. The fraction of sp³-hybridized carbons (Fsp3) is 0.143. The van der Waals surface area contributed by atoms with E-state index in [0.29, 0.717) is 28.6 Å². The molecule has 0 amide bonds. The Kier molecular flexibility index (Phi) is 5.96. The molecular weight excluding hydrogens is 358 g/mol. The Bertz CT molecular complexity index is 1020. The van der Waals surface area contributed by atoms with Crippen molar-refractivity contribution in [2.45, 2.75) is 13.8 Å². The average molecular weight is 377 g/mol. The number of benzene rings is 1. The van der Waals surface area contributed by atoms with Gasteiger partial charge in [0.05, 0.1) is 18.7 Å². The standard InChI is InChI=1S/C21H19N3O4/c1-4-15(21(25)26-3)16-9-5-6-10-17(16)27-19-12-20(23-13-22-19)28-18-11-7-8-14(2)24-18/h4-13H,1-3H3/b15-4+. The molecule has 0 aliphatic carbocycles. The number of aromatic nitrogens is 3. The molecule has 3 rings (SSSR count). The molecule has 0 unspecified atom stereocenters. The smallest absolute Gasteiger partial charge is 0.338 e. The van der Waals surface area contributed by atoms with Crippen LogP contribution in [-0.4, -0.2) is 28.0 Å². The molecule has 0 aliphatic heterocycles. The van der Waals surface area contributed by atoms with Crippen LogP contribution in [0.1, 0.15) is 18.2 Å². The highest BCUT2D eigenvalue weighted by Gasteiger charge is 2.17. The van der Waals surface area contributed by atoms with Crippen LogP contribution in [-0.2, 0) is 9.53 Å². The van der Waals surface area contributed by atoms with E-state index < -0.39 is 5.97 Å². The maximum atomic E-state index is 12.0. The molecule has 0 saturated heterocycles. The van der Waals surface area contributed by atoms with Crippen LogP contribution in [0.3, 0.4) is 0 Å². The van der Waals surface area contributed by atoms with Crippen LogP contribution in [0.4, 0.5) is 0 Å². The van der Waals surface area contributed by atoms with Gasteiger partial charge in [-0.1, -0.05) is 30.3 Å². The number of hydrogen-bond acceptors (Lipinski definition) is 7. The second-order valence-electron chi connectivity index (χ2n) is 5.71. The number of carbonyl (C=O) groups is 1. The van der Waals surface area contributed by atoms with Crippen molar-refractivity contribution < 1.29 is 19.0 Å². The van der Waals surface area contributed by atoms with Gasteiger partial charge in [-0.2, -0.15) is 0 Å². The van der Waals surface area contributed by atoms with Crippen molar-refractivity contribution >= 4 is 11.5 Å². The predicted octanol–water partition coefficient (Wildman–Crippen LogP) is 4.34. The van der Waals surface area contributed by atoms with E-state index in [1.165, 1.54) is 13.4 Å². The van der Waals surface area contributed by atoms with Crippen LogP contribution in [0.15, 0.2) is 60.9 Å². The molecule has 0 aliphatic rings. The number of rotatable bonds is 6. The topological polar surface area (TPSA) is 83.4 Å². The van der Waals surface area contributed by atoms with Crippen molar-refractivity contribution in [1.29, 1.82) is 0 Å². The third-order valence-corrected chi connectivity index (χ3v) is 3.77. The average Bonchev–Trinajstić information content (AvgIpc) is 2.70. The minimum absolute atomic E-state index is 0.269. The lowest BCUT2D eigenvalue weighted by Gasteiger charge is -2.12. The number of methoxy groups -OCH3 is 1. The first-order valence-electron chi connectivity index (χ1n) is 8.56. The molecule has 0 atom stereocenters. The minimum Gasteiger partial charge on any atom is -0.465 e. The highest BCUT2D eigenvalue weighted by molar-refractivity contribution is 6.17. The number of hydrogen-bond donors (Lipinski definition) is 0. The van der Waals surface area contributed by atoms with Crippen LogP contribution in [0, 0.1) is 6.92 Å². The maximum absolute atomic E-state index is 12.0. The number of esters is 1. The quantitative estimate of drug-likeness (QED) is 0.467. The zero-order valence-electron chi connectivity index (χ0n) is 15.7. The van der Waals surface area contributed by atoms with Gasteiger partial charge in [0.15, 0.2) is 0 Å². The van der Waals surface area contributed by atoms with Gasteiger partial charge in [0.2, 0.25) is 17.6 Å². The largest absolute Gasteiger partial charge is 0.465 e. The van der Waals surface area contributed by atoms with Crippen molar-refractivity contribution in [3.63, 3.8) is 0 Å². The minimum atomic E-state index is -0.448. The number of carbonyl (C=O) groups excluding carboxylic acids is 1. The molecule has 2 aromatic heterocycles. The first-order valence-corrected chi connectivity index (χ1v) is 8.56. The molecule has 0 spiro atoms. The molecule has 3 aromatic rings. The lowest BCUT2D eigenvalue weighted by molar-refractivity contribution is -0.133. The molecule has 7 heteroatoms. The van der Waals surface area contributed by atoms with Gasteiger partial charge in [0.25, 0.3) is 0 Å². The van der Waals surface area contributed by atoms with Gasteiger partial charge < -0.3 is 14.2 Å². The fourth-order valence-electron chi connectivity index (χ4n) is 2.50. The Morgan fingerprint density at radius 3 is 2.43 bits per heavy atom. The monoisotopic (exact) mass is 377 g/mol. The van der Waals surface area contributed by atoms with E-state index in [-0.39, 0.29) is 5.88 Å². The Labute approximate surface area is 162 Å². The van der Waals surface area contributed by atoms with Crippen LogP contribution in [0.5, 0.6) is 23.4 Å². The normalized spacial score (nSPS) is 11.0. The number of pyridine rings is 1. The van der Waals surface area contributed by atoms with Crippen molar-refractivity contribution in [3.05, 3.63) is 72.2 Å². The van der Waals surface area contributed by atoms with Crippen molar-refractivity contribution in [2.75, 3.05) is 7.11 Å². The summed E-state index contributed by atoms with van der Waals surface area (Å²) in [6.07, 6.45) is 3.01. The van der Waals surface area contributed by atoms with Crippen LogP contribution < -0.4 is 9.47 Å². The second kappa shape index (κ2) is 8.77. The van der Waals surface area contributed by atoms with Crippen molar-refractivity contribution in [1.82, 2.24) is 15.0 Å². The van der Waals surface area contributed by atoms with Crippen LogP contribution in [0.2, 0.25) is 0 Å². The van der Waals surface area contributed by atoms with Crippen LogP contribution in [0.25, 0.3) is 5.57 Å². The molecule has 28 heavy (non-hydrogen) atoms. The molecule has 1 aromatic carbocycles. The number of nitrogens with zero attached hydrogens (tertiary/aromatic N) is 3. The summed E-state index contributed by atoms with van der Waals surface area (Å²) in [6.45, 7) is 3.63. The van der Waals surface area contributed by atoms with Crippen molar-refractivity contribution in [3.8, 4) is 23.4 Å². The van der Waals surface area contributed by atoms with E-state index in [4.69, 9.17) is 14.2 Å². The summed E-state index contributed by atoms with van der Waals surface area (Å²) < 4.78 is 16.4. The fourth-order valence-corrected chi connectivity index (χ4v) is 2.50. The summed E-state index contributed by atoms with van der Waals surface area (Å²) in [4.78, 5) is 24.5. The van der Waals surface area contributed by atoms with Gasteiger partial charge >= 0.3 is 5.97 Å². The van der Waals surface area contributed by atoms with Gasteiger partial charge in [0, 0.05) is 17.3 Å². The summed E-state index contributed by atoms with van der Waals surface area (Å²) in [6, 6.07) is 14.1.